The van der Waals surface area contributed by atoms with Gasteiger partial charge in [-0.1, -0.05) is 60.7 Å². The average Bonchev–Trinajstić information content (AvgIpc) is 2.99. The van der Waals surface area contributed by atoms with Crippen molar-refractivity contribution in [2.75, 3.05) is 0 Å². The highest BCUT2D eigenvalue weighted by molar-refractivity contribution is 6.32. The van der Waals surface area contributed by atoms with Gasteiger partial charge in [-0.3, -0.25) is 0 Å². The van der Waals surface area contributed by atoms with Crippen molar-refractivity contribution in [3.63, 3.8) is 0 Å². The number of hydrogen-bond acceptors (Lipinski definition) is 0. The van der Waals surface area contributed by atoms with Crippen molar-refractivity contribution in [2.45, 2.75) is 0 Å². The zero-order chi connectivity index (χ0) is 14.3. The Hall–Kier alpha value is -2.86. The summed E-state index contributed by atoms with van der Waals surface area (Å²) in [6, 6.07) is 22.4. The molecule has 0 heteroatoms. The van der Waals surface area contributed by atoms with Gasteiger partial charge in [0.1, 0.15) is 0 Å². The van der Waals surface area contributed by atoms with E-state index >= 15 is 0 Å². The molecule has 0 N–H and O–H groups in total. The smallest absolute Gasteiger partial charge is 0.00145 e. The molecule has 22 heavy (non-hydrogen) atoms. The predicted molar refractivity (Wildman–Crippen MR) is 96.6 cm³/mol. The minimum atomic E-state index is 1.32. The summed E-state index contributed by atoms with van der Waals surface area (Å²) >= 11 is 0. The van der Waals surface area contributed by atoms with Crippen LogP contribution in [0.1, 0.15) is 11.1 Å². The van der Waals surface area contributed by atoms with Crippen molar-refractivity contribution in [1.29, 1.82) is 0 Å². The van der Waals surface area contributed by atoms with E-state index in [1.807, 2.05) is 0 Å². The van der Waals surface area contributed by atoms with Crippen LogP contribution in [0.4, 0.5) is 0 Å². The molecule has 0 amide bonds. The largest absolute Gasteiger partial charge is 0.0616 e. The van der Waals surface area contributed by atoms with E-state index in [2.05, 4.69) is 72.8 Å². The molecule has 0 bridgehead atoms. The van der Waals surface area contributed by atoms with Crippen LogP contribution < -0.4 is 0 Å². The van der Waals surface area contributed by atoms with Crippen LogP contribution in [0.2, 0.25) is 0 Å². The Kier molecular flexibility index (Phi) is 1.71. The third-order valence-corrected chi connectivity index (χ3v) is 5.11. The lowest BCUT2D eigenvalue weighted by molar-refractivity contribution is 1.76. The molecule has 5 aromatic carbocycles. The third kappa shape index (κ3) is 1.12. The fourth-order valence-electron chi connectivity index (χ4n) is 4.17. The second kappa shape index (κ2) is 3.48. The van der Waals surface area contributed by atoms with Crippen LogP contribution in [0.15, 0.2) is 60.7 Å². The van der Waals surface area contributed by atoms with Crippen molar-refractivity contribution >= 4 is 55.2 Å². The van der Waals surface area contributed by atoms with Crippen LogP contribution in [-0.2, 0) is 0 Å². The van der Waals surface area contributed by atoms with Crippen LogP contribution in [0.25, 0.3) is 55.2 Å². The number of fused-ring (bicyclic) bond motifs is 2. The summed E-state index contributed by atoms with van der Waals surface area (Å²) < 4.78 is 0. The van der Waals surface area contributed by atoms with Gasteiger partial charge in [0.05, 0.1) is 0 Å². The fraction of sp³-hybridized carbons (Fsp3) is 0. The Balaban J connectivity index is 2.08. The molecule has 0 nitrogen and oxygen atoms in total. The first-order valence-corrected chi connectivity index (χ1v) is 7.71. The topological polar surface area (TPSA) is 0 Å². The minimum absolute atomic E-state index is 1.32. The van der Waals surface area contributed by atoms with E-state index in [0.717, 1.165) is 0 Å². The highest BCUT2D eigenvalue weighted by Gasteiger charge is 2.17. The molecule has 0 heterocycles. The lowest BCUT2D eigenvalue weighted by Crippen LogP contribution is -1.88. The molecule has 5 aromatic rings. The summed E-state index contributed by atoms with van der Waals surface area (Å²) in [6.07, 6.45) is 4.50. The maximum absolute atomic E-state index is 2.37. The SMILES string of the molecule is C1=Cc2cc3c4ccccc4cc4ccc5ccc1c2c5c43. The maximum atomic E-state index is 2.37. The molecule has 6 rings (SSSR count). The summed E-state index contributed by atoms with van der Waals surface area (Å²) in [5, 5.41) is 11.0. The quantitative estimate of drug-likeness (QED) is 0.228. The molecule has 0 atom stereocenters. The lowest BCUT2D eigenvalue weighted by atomic mass is 9.88. The van der Waals surface area contributed by atoms with Gasteiger partial charge < -0.3 is 0 Å². The number of rotatable bonds is 0. The van der Waals surface area contributed by atoms with Crippen LogP contribution >= 0.6 is 0 Å². The first kappa shape index (κ1) is 10.8. The van der Waals surface area contributed by atoms with Crippen molar-refractivity contribution in [3.8, 4) is 0 Å². The van der Waals surface area contributed by atoms with E-state index in [1.165, 1.54) is 54.2 Å². The molecule has 1 aliphatic rings. The molecule has 0 unspecified atom stereocenters. The van der Waals surface area contributed by atoms with Gasteiger partial charge in [-0.05, 0) is 66.3 Å². The van der Waals surface area contributed by atoms with Crippen LogP contribution in [0.3, 0.4) is 0 Å². The van der Waals surface area contributed by atoms with Gasteiger partial charge in [0.2, 0.25) is 0 Å². The fourth-order valence-corrected chi connectivity index (χ4v) is 4.17. The Bertz CT molecular complexity index is 1260. The molecule has 0 aliphatic heterocycles. The summed E-state index contributed by atoms with van der Waals surface area (Å²) in [7, 11) is 0. The first-order chi connectivity index (χ1) is 10.9. The van der Waals surface area contributed by atoms with E-state index in [-0.39, 0.29) is 0 Å². The average molecular weight is 276 g/mol. The number of hydrogen-bond donors (Lipinski definition) is 0. The Morgan fingerprint density at radius 3 is 2.27 bits per heavy atom. The summed E-state index contributed by atoms with van der Waals surface area (Å²) in [5.74, 6) is 0. The van der Waals surface area contributed by atoms with Crippen LogP contribution in [0.5, 0.6) is 0 Å². The molecular formula is C22H12. The molecule has 0 saturated carbocycles. The third-order valence-electron chi connectivity index (χ3n) is 5.11. The molecule has 0 aromatic heterocycles. The molecule has 0 saturated heterocycles. The van der Waals surface area contributed by atoms with Crippen molar-refractivity contribution in [1.82, 2.24) is 0 Å². The molecule has 0 radical (unpaired) electrons. The van der Waals surface area contributed by atoms with E-state index in [4.69, 9.17) is 0 Å². The predicted octanol–water partition coefficient (Wildman–Crippen LogP) is 6.22. The normalized spacial score (nSPS) is 13.3. The van der Waals surface area contributed by atoms with E-state index < -0.39 is 0 Å². The van der Waals surface area contributed by atoms with E-state index in [9.17, 15) is 0 Å². The monoisotopic (exact) mass is 276 g/mol. The molecule has 1 aliphatic carbocycles. The van der Waals surface area contributed by atoms with Gasteiger partial charge in [-0.25, -0.2) is 0 Å². The summed E-state index contributed by atoms with van der Waals surface area (Å²) in [5.41, 5.74) is 2.71. The highest BCUT2D eigenvalue weighted by Crippen LogP contribution is 2.43. The summed E-state index contributed by atoms with van der Waals surface area (Å²) in [4.78, 5) is 0. The number of benzene rings is 5. The van der Waals surface area contributed by atoms with Crippen molar-refractivity contribution in [2.24, 2.45) is 0 Å². The Labute approximate surface area is 127 Å². The van der Waals surface area contributed by atoms with Gasteiger partial charge in [0, 0.05) is 0 Å². The Morgan fingerprint density at radius 1 is 0.455 bits per heavy atom. The zero-order valence-electron chi connectivity index (χ0n) is 11.9. The maximum Gasteiger partial charge on any atom is -0.00145 e. The Morgan fingerprint density at radius 2 is 1.27 bits per heavy atom. The van der Waals surface area contributed by atoms with Crippen molar-refractivity contribution in [3.05, 3.63) is 71.8 Å². The van der Waals surface area contributed by atoms with Gasteiger partial charge in [0.25, 0.3) is 0 Å². The minimum Gasteiger partial charge on any atom is -0.0616 e. The standard InChI is InChI=1S/C22H12/c1-2-4-18-15(3-1)11-16-9-8-14-6-5-13-7-10-17-12-19(18)21(16)22(14)20(13)17/h1-12H. The second-order valence-electron chi connectivity index (χ2n) is 6.24. The van der Waals surface area contributed by atoms with Crippen molar-refractivity contribution < 1.29 is 0 Å². The molecular weight excluding hydrogens is 264 g/mol. The van der Waals surface area contributed by atoms with Crippen LogP contribution in [0, 0.1) is 0 Å². The molecule has 100 valence electrons. The lowest BCUT2D eigenvalue weighted by Gasteiger charge is -2.14. The first-order valence-electron chi connectivity index (χ1n) is 7.71. The molecule has 0 spiro atoms. The summed E-state index contributed by atoms with van der Waals surface area (Å²) in [6.45, 7) is 0. The second-order valence-corrected chi connectivity index (χ2v) is 6.24. The molecule has 0 fully saturated rings. The van der Waals surface area contributed by atoms with Gasteiger partial charge in [-0.15, -0.1) is 0 Å². The van der Waals surface area contributed by atoms with Gasteiger partial charge in [-0.2, -0.15) is 0 Å². The van der Waals surface area contributed by atoms with E-state index in [1.54, 1.807) is 0 Å². The highest BCUT2D eigenvalue weighted by atomic mass is 14.2. The van der Waals surface area contributed by atoms with Gasteiger partial charge in [0.15, 0.2) is 0 Å². The van der Waals surface area contributed by atoms with Crippen LogP contribution in [-0.4, -0.2) is 0 Å². The zero-order valence-corrected chi connectivity index (χ0v) is 11.9. The van der Waals surface area contributed by atoms with Gasteiger partial charge >= 0.3 is 0 Å². The van der Waals surface area contributed by atoms with E-state index in [0.29, 0.717) is 0 Å².